The summed E-state index contributed by atoms with van der Waals surface area (Å²) in [6, 6.07) is -8.81. The lowest BCUT2D eigenvalue weighted by molar-refractivity contribution is -0.144. The van der Waals surface area contributed by atoms with Crippen LogP contribution in [-0.4, -0.2) is 11.9 Å². The highest BCUT2D eigenvalue weighted by Gasteiger charge is 2.47. The summed E-state index contributed by atoms with van der Waals surface area (Å²) < 4.78 is 350. The molecule has 4 aromatic rings. The SMILES string of the molecule is C=CC[S+]=O.FC(F)(F)c1cc([B-](c2cc(C(F)(F)F)cc(C(F)(F)F)c2)(c2cc(C(F)(F)F)cc(C(F)(F)F)c2)c2cc(C(F)(F)F)cc(C(F)(F)F)c2)cc(C(F)(F)F)c1. The van der Waals surface area contributed by atoms with E-state index >= 15 is 0 Å². The molecule has 0 unspecified atom stereocenters. The molecule has 0 aliphatic heterocycles. The number of hydrogen-bond acceptors (Lipinski definition) is 1. The van der Waals surface area contributed by atoms with E-state index in [2.05, 4.69) is 6.58 Å². The molecule has 62 heavy (non-hydrogen) atoms. The minimum absolute atomic E-state index is 0.514. The van der Waals surface area contributed by atoms with Crippen molar-refractivity contribution in [2.24, 2.45) is 0 Å². The van der Waals surface area contributed by atoms with Gasteiger partial charge in [-0.3, -0.25) is 0 Å². The number of rotatable bonds is 6. The zero-order valence-electron chi connectivity index (χ0n) is 29.4. The van der Waals surface area contributed by atoms with Gasteiger partial charge in [0, 0.05) is 4.21 Å². The minimum atomic E-state index is -6.13. The summed E-state index contributed by atoms with van der Waals surface area (Å²) in [7, 11) is 0. The first-order valence-corrected chi connectivity index (χ1v) is 16.8. The fourth-order valence-electron chi connectivity index (χ4n) is 6.12. The van der Waals surface area contributed by atoms with Gasteiger partial charge < -0.3 is 0 Å². The van der Waals surface area contributed by atoms with E-state index in [1.165, 1.54) is 0 Å². The van der Waals surface area contributed by atoms with Crippen LogP contribution < -0.4 is 21.9 Å². The molecular weight excluding hydrogens is 935 g/mol. The fraction of sp³-hybridized carbons (Fsp3) is 0.257. The van der Waals surface area contributed by atoms with Crippen molar-refractivity contribution in [3.05, 3.63) is 130 Å². The van der Waals surface area contributed by atoms with Crippen LogP contribution >= 0.6 is 0 Å². The van der Waals surface area contributed by atoms with Crippen molar-refractivity contribution in [2.75, 3.05) is 5.75 Å². The van der Waals surface area contributed by atoms with Crippen LogP contribution in [0.5, 0.6) is 0 Å². The smallest absolute Gasteiger partial charge is 0.194 e. The van der Waals surface area contributed by atoms with Crippen LogP contribution in [0, 0.1) is 0 Å². The normalized spacial score (nSPS) is 13.7. The second-order valence-corrected chi connectivity index (χ2v) is 13.4. The highest BCUT2D eigenvalue weighted by atomic mass is 32.1. The molecule has 0 saturated heterocycles. The molecule has 4 rings (SSSR count). The Morgan fingerprint density at radius 3 is 0.565 bits per heavy atom. The number of hydrogen-bond donors (Lipinski definition) is 0. The van der Waals surface area contributed by atoms with Gasteiger partial charge in [0.05, 0.1) is 44.5 Å². The van der Waals surface area contributed by atoms with Gasteiger partial charge in [-0.25, -0.2) is 0 Å². The minimum Gasteiger partial charge on any atom is -0.194 e. The van der Waals surface area contributed by atoms with Crippen LogP contribution in [0.1, 0.15) is 44.5 Å². The Balaban J connectivity index is 0.00000193. The molecule has 0 amide bonds. The standard InChI is InChI=1S/C32H12BF24.C3H5OS/c34-25(35,36)13-1-14(26(37,38)39)6-21(5-13)33(22-7-15(27(40,41)42)2-16(8-22)28(43,44)45,23-9-17(29(46,47)48)3-18(10-23)30(49,50)51)24-11-19(31(52,53)54)4-20(12-24)32(55,56)57;1-2-3-5-4/h1-12H;2H,1,3H2/q-1;+1. The van der Waals surface area contributed by atoms with E-state index in [1.807, 2.05) is 0 Å². The molecule has 340 valence electrons. The van der Waals surface area contributed by atoms with Gasteiger partial charge in [0.25, 0.3) is 0 Å². The lowest BCUT2D eigenvalue weighted by Crippen LogP contribution is -2.75. The summed E-state index contributed by atoms with van der Waals surface area (Å²) in [5.41, 5.74) is -30.2. The monoisotopic (exact) mass is 952 g/mol. The highest BCUT2D eigenvalue weighted by Crippen LogP contribution is 2.41. The predicted octanol–water partition coefficient (Wildman–Crippen LogP) is 11.8. The molecule has 0 heterocycles. The van der Waals surface area contributed by atoms with E-state index in [9.17, 15) is 110 Å². The molecule has 0 fully saturated rings. The van der Waals surface area contributed by atoms with E-state index in [4.69, 9.17) is 0 Å². The summed E-state index contributed by atoms with van der Waals surface area (Å²) in [4.78, 5) is 0. The van der Waals surface area contributed by atoms with Crippen molar-refractivity contribution in [1.82, 2.24) is 0 Å². The van der Waals surface area contributed by atoms with Gasteiger partial charge in [0.1, 0.15) is 6.15 Å². The van der Waals surface area contributed by atoms with Crippen LogP contribution in [-0.2, 0) is 65.3 Å². The zero-order valence-corrected chi connectivity index (χ0v) is 30.2. The molecule has 0 saturated carbocycles. The molecule has 0 bridgehead atoms. The van der Waals surface area contributed by atoms with E-state index in [1.54, 1.807) is 6.08 Å². The number of alkyl halides is 24. The zero-order chi connectivity index (χ0) is 48.0. The third kappa shape index (κ3) is 11.7. The molecule has 0 radical (unpaired) electrons. The number of benzene rings is 4. The molecule has 0 N–H and O–H groups in total. The molecule has 1 nitrogen and oxygen atoms in total. The van der Waals surface area contributed by atoms with Crippen molar-refractivity contribution < 1.29 is 110 Å². The van der Waals surface area contributed by atoms with Crippen molar-refractivity contribution in [3.63, 3.8) is 0 Å². The first-order chi connectivity index (χ1) is 27.7. The average molecular weight is 952 g/mol. The third-order valence-electron chi connectivity index (χ3n) is 8.63. The maximum atomic E-state index is 14.2. The topological polar surface area (TPSA) is 17.1 Å². The van der Waals surface area contributed by atoms with E-state index in [-0.39, 0.29) is 0 Å². The summed E-state index contributed by atoms with van der Waals surface area (Å²) in [5.74, 6) is 0.514. The maximum absolute atomic E-state index is 14.2. The molecular formula is C35H17BF24OS. The molecule has 27 heteroatoms. The average Bonchev–Trinajstić information content (AvgIpc) is 3.09. The van der Waals surface area contributed by atoms with Crippen molar-refractivity contribution in [1.29, 1.82) is 0 Å². The Bertz CT molecular complexity index is 1830. The van der Waals surface area contributed by atoms with E-state index < -0.39 is 195 Å². The van der Waals surface area contributed by atoms with Gasteiger partial charge in [0.15, 0.2) is 0 Å². The second kappa shape index (κ2) is 17.0. The lowest BCUT2D eigenvalue weighted by Gasteiger charge is -2.46. The summed E-state index contributed by atoms with van der Waals surface area (Å²) in [5, 5.41) is 0. The van der Waals surface area contributed by atoms with Gasteiger partial charge in [-0.2, -0.15) is 127 Å². The van der Waals surface area contributed by atoms with Crippen LogP contribution in [0.15, 0.2) is 85.5 Å². The lowest BCUT2D eigenvalue weighted by atomic mass is 9.12. The third-order valence-corrected chi connectivity index (χ3v) is 9.00. The molecule has 0 spiro atoms. The number of halogens is 24. The molecule has 0 aliphatic carbocycles. The van der Waals surface area contributed by atoms with Crippen LogP contribution in [0.2, 0.25) is 0 Å². The van der Waals surface area contributed by atoms with E-state index in [0.717, 1.165) is 0 Å². The Morgan fingerprint density at radius 1 is 0.339 bits per heavy atom. The largest absolute Gasteiger partial charge is 0.463 e. The van der Waals surface area contributed by atoms with Gasteiger partial charge >= 0.3 is 61.1 Å². The fourth-order valence-corrected chi connectivity index (χ4v) is 6.21. The predicted molar refractivity (Wildman–Crippen MR) is 173 cm³/mol. The molecule has 0 aromatic heterocycles. The summed E-state index contributed by atoms with van der Waals surface area (Å²) in [6.45, 7) is 3.33. The van der Waals surface area contributed by atoms with Crippen LogP contribution in [0.4, 0.5) is 105 Å². The second-order valence-electron chi connectivity index (χ2n) is 12.8. The molecule has 0 atom stereocenters. The van der Waals surface area contributed by atoms with Gasteiger partial charge in [-0.15, -0.1) is 0 Å². The Labute approximate surface area is 334 Å². The first-order valence-electron chi connectivity index (χ1n) is 15.9. The van der Waals surface area contributed by atoms with Crippen molar-refractivity contribution >= 4 is 39.7 Å². The quantitative estimate of drug-likeness (QED) is 0.0815. The Hall–Kier alpha value is -4.98. The van der Waals surface area contributed by atoms with Gasteiger partial charge in [-0.1, -0.05) is 55.1 Å². The summed E-state index contributed by atoms with van der Waals surface area (Å²) in [6.07, 6.45) is -53.2. The first kappa shape index (κ1) is 51.4. The highest BCUT2D eigenvalue weighted by molar-refractivity contribution is 7.65. The van der Waals surface area contributed by atoms with Crippen molar-refractivity contribution in [2.45, 2.75) is 49.4 Å². The van der Waals surface area contributed by atoms with Gasteiger partial charge in [0.2, 0.25) is 5.75 Å². The molecule has 4 aromatic carbocycles. The molecule has 0 aliphatic rings. The van der Waals surface area contributed by atoms with Gasteiger partial charge in [-0.05, 0) is 30.3 Å². The van der Waals surface area contributed by atoms with E-state index in [0.29, 0.717) is 17.4 Å². The summed E-state index contributed by atoms with van der Waals surface area (Å²) >= 11 is 0.534. The Morgan fingerprint density at radius 2 is 0.484 bits per heavy atom. The van der Waals surface area contributed by atoms with Crippen molar-refractivity contribution in [3.8, 4) is 0 Å². The maximum Gasteiger partial charge on any atom is 0.463 e. The van der Waals surface area contributed by atoms with Crippen LogP contribution in [0.3, 0.4) is 0 Å². The van der Waals surface area contributed by atoms with Crippen LogP contribution in [0.25, 0.3) is 0 Å². The Kier molecular flexibility index (Phi) is 14.0.